The molecule has 0 fully saturated rings. The van der Waals surface area contributed by atoms with Crippen molar-refractivity contribution in [1.29, 1.82) is 0 Å². The van der Waals surface area contributed by atoms with Crippen LogP contribution in [-0.4, -0.2) is 25.3 Å². The van der Waals surface area contributed by atoms with E-state index in [9.17, 15) is 4.79 Å². The van der Waals surface area contributed by atoms with E-state index in [0.29, 0.717) is 34.4 Å². The number of hydrazone groups is 1. The SMILES string of the molecule is CCOc1cc(C=NNc2ccccc2)c(Cl)cc1OCC(=O)Nc1ccccc1. The lowest BCUT2D eigenvalue weighted by atomic mass is 10.2. The minimum absolute atomic E-state index is 0.172. The first kappa shape index (κ1) is 21.2. The number of benzene rings is 3. The van der Waals surface area contributed by atoms with Crippen LogP contribution in [0.1, 0.15) is 12.5 Å². The van der Waals surface area contributed by atoms with Crippen LogP contribution in [0.5, 0.6) is 11.5 Å². The monoisotopic (exact) mass is 423 g/mol. The number of hydrogen-bond donors (Lipinski definition) is 2. The van der Waals surface area contributed by atoms with Gasteiger partial charge in [0.25, 0.3) is 5.91 Å². The lowest BCUT2D eigenvalue weighted by Crippen LogP contribution is -2.20. The van der Waals surface area contributed by atoms with Crippen LogP contribution in [0.4, 0.5) is 11.4 Å². The Morgan fingerprint density at radius 2 is 1.60 bits per heavy atom. The van der Waals surface area contributed by atoms with E-state index < -0.39 is 0 Å². The molecule has 0 spiro atoms. The van der Waals surface area contributed by atoms with Crippen LogP contribution in [0, 0.1) is 0 Å². The predicted octanol–water partition coefficient (Wildman–Crippen LogP) is 5.20. The molecule has 0 aliphatic rings. The fourth-order valence-corrected chi connectivity index (χ4v) is 2.78. The fourth-order valence-electron chi connectivity index (χ4n) is 2.58. The van der Waals surface area contributed by atoms with Crippen molar-refractivity contribution in [3.63, 3.8) is 0 Å². The van der Waals surface area contributed by atoms with E-state index in [1.165, 1.54) is 0 Å². The van der Waals surface area contributed by atoms with Gasteiger partial charge in [-0.3, -0.25) is 10.2 Å². The van der Waals surface area contributed by atoms with Crippen LogP contribution in [0.15, 0.2) is 77.9 Å². The van der Waals surface area contributed by atoms with Gasteiger partial charge in [0, 0.05) is 17.3 Å². The lowest BCUT2D eigenvalue weighted by molar-refractivity contribution is -0.118. The Bertz CT molecular complexity index is 995. The number of hydrogen-bond acceptors (Lipinski definition) is 5. The number of rotatable bonds is 9. The van der Waals surface area contributed by atoms with E-state index in [4.69, 9.17) is 21.1 Å². The van der Waals surface area contributed by atoms with Gasteiger partial charge in [0.1, 0.15) is 0 Å². The molecule has 30 heavy (non-hydrogen) atoms. The Kier molecular flexibility index (Phi) is 7.69. The molecule has 1 amide bonds. The molecule has 0 saturated heterocycles. The van der Waals surface area contributed by atoms with Gasteiger partial charge in [-0.1, -0.05) is 48.0 Å². The van der Waals surface area contributed by atoms with E-state index in [2.05, 4.69) is 15.8 Å². The summed E-state index contributed by atoms with van der Waals surface area (Å²) >= 11 is 6.37. The molecule has 0 aliphatic carbocycles. The number of amides is 1. The van der Waals surface area contributed by atoms with Crippen molar-refractivity contribution in [3.8, 4) is 11.5 Å². The molecule has 6 nitrogen and oxygen atoms in total. The summed E-state index contributed by atoms with van der Waals surface area (Å²) in [6.07, 6.45) is 1.60. The largest absolute Gasteiger partial charge is 0.490 e. The summed E-state index contributed by atoms with van der Waals surface area (Å²) < 4.78 is 11.3. The zero-order chi connectivity index (χ0) is 21.2. The highest BCUT2D eigenvalue weighted by Crippen LogP contribution is 2.33. The Morgan fingerprint density at radius 1 is 0.967 bits per heavy atom. The van der Waals surface area contributed by atoms with E-state index in [-0.39, 0.29) is 12.5 Å². The maximum atomic E-state index is 12.1. The summed E-state index contributed by atoms with van der Waals surface area (Å²) in [6, 6.07) is 22.1. The number of para-hydroxylation sites is 2. The van der Waals surface area contributed by atoms with Crippen LogP contribution in [0.3, 0.4) is 0 Å². The predicted molar refractivity (Wildman–Crippen MR) is 121 cm³/mol. The Hall–Kier alpha value is -3.51. The van der Waals surface area contributed by atoms with E-state index in [1.54, 1.807) is 30.5 Å². The third kappa shape index (κ3) is 6.25. The lowest BCUT2D eigenvalue weighted by Gasteiger charge is -2.14. The number of nitrogens with one attached hydrogen (secondary N) is 2. The Morgan fingerprint density at radius 3 is 2.27 bits per heavy atom. The van der Waals surface area contributed by atoms with Crippen LogP contribution >= 0.6 is 11.6 Å². The van der Waals surface area contributed by atoms with Gasteiger partial charge in [-0.2, -0.15) is 5.10 Å². The molecule has 0 unspecified atom stereocenters. The first-order valence-electron chi connectivity index (χ1n) is 9.44. The quantitative estimate of drug-likeness (QED) is 0.366. The first-order chi connectivity index (χ1) is 14.7. The highest BCUT2D eigenvalue weighted by Gasteiger charge is 2.12. The van der Waals surface area contributed by atoms with Crippen LogP contribution in [-0.2, 0) is 4.79 Å². The molecule has 3 aromatic carbocycles. The van der Waals surface area contributed by atoms with Crippen LogP contribution in [0.25, 0.3) is 0 Å². The number of anilines is 2. The van der Waals surface area contributed by atoms with E-state index >= 15 is 0 Å². The molecule has 0 atom stereocenters. The zero-order valence-corrected chi connectivity index (χ0v) is 17.2. The normalized spacial score (nSPS) is 10.6. The Labute approximate surface area is 180 Å². The number of ether oxygens (including phenoxy) is 2. The van der Waals surface area contributed by atoms with Gasteiger partial charge in [-0.25, -0.2) is 0 Å². The molecule has 0 saturated carbocycles. The van der Waals surface area contributed by atoms with Crippen LogP contribution < -0.4 is 20.2 Å². The molecule has 3 rings (SSSR count). The standard InChI is InChI=1S/C23H22ClN3O3/c1-2-29-21-13-17(15-25-27-19-11-7-4-8-12-19)20(24)14-22(21)30-16-23(28)26-18-9-5-3-6-10-18/h3-15,27H,2,16H2,1H3,(H,26,28). The topological polar surface area (TPSA) is 71.9 Å². The minimum atomic E-state index is -0.280. The van der Waals surface area contributed by atoms with E-state index in [1.807, 2.05) is 55.5 Å². The second-order valence-corrected chi connectivity index (χ2v) is 6.60. The molecule has 154 valence electrons. The van der Waals surface area contributed by atoms with Crippen molar-refractivity contribution in [2.75, 3.05) is 24.0 Å². The summed E-state index contributed by atoms with van der Waals surface area (Å²) in [5.74, 6) is 0.589. The average Bonchev–Trinajstić information content (AvgIpc) is 2.76. The fraction of sp³-hybridized carbons (Fsp3) is 0.130. The summed E-state index contributed by atoms with van der Waals surface area (Å²) in [5.41, 5.74) is 5.15. The summed E-state index contributed by atoms with van der Waals surface area (Å²) in [5, 5.41) is 7.40. The third-order valence-electron chi connectivity index (χ3n) is 3.95. The molecule has 0 heterocycles. The number of carbonyl (C=O) groups is 1. The average molecular weight is 424 g/mol. The number of halogens is 1. The maximum absolute atomic E-state index is 12.1. The maximum Gasteiger partial charge on any atom is 0.262 e. The van der Waals surface area contributed by atoms with Gasteiger partial charge in [0.15, 0.2) is 18.1 Å². The number of carbonyl (C=O) groups excluding carboxylic acids is 1. The van der Waals surface area contributed by atoms with Crippen molar-refractivity contribution in [3.05, 3.63) is 83.4 Å². The Balaban J connectivity index is 1.67. The molecule has 0 radical (unpaired) electrons. The summed E-state index contributed by atoms with van der Waals surface area (Å²) in [4.78, 5) is 12.1. The van der Waals surface area contributed by atoms with Gasteiger partial charge in [-0.15, -0.1) is 0 Å². The van der Waals surface area contributed by atoms with Crippen molar-refractivity contribution in [2.24, 2.45) is 5.10 Å². The van der Waals surface area contributed by atoms with Gasteiger partial charge in [-0.05, 0) is 37.3 Å². The smallest absolute Gasteiger partial charge is 0.262 e. The molecular weight excluding hydrogens is 402 g/mol. The second-order valence-electron chi connectivity index (χ2n) is 6.19. The van der Waals surface area contributed by atoms with Crippen molar-refractivity contribution < 1.29 is 14.3 Å². The first-order valence-corrected chi connectivity index (χ1v) is 9.81. The minimum Gasteiger partial charge on any atom is -0.490 e. The zero-order valence-electron chi connectivity index (χ0n) is 16.5. The molecule has 0 aliphatic heterocycles. The van der Waals surface area contributed by atoms with Gasteiger partial charge >= 0.3 is 0 Å². The summed E-state index contributed by atoms with van der Waals surface area (Å²) in [7, 11) is 0. The van der Waals surface area contributed by atoms with E-state index in [0.717, 1.165) is 5.69 Å². The van der Waals surface area contributed by atoms with Crippen molar-refractivity contribution in [2.45, 2.75) is 6.92 Å². The van der Waals surface area contributed by atoms with Crippen molar-refractivity contribution >= 4 is 35.1 Å². The summed E-state index contributed by atoms with van der Waals surface area (Å²) in [6.45, 7) is 2.13. The third-order valence-corrected chi connectivity index (χ3v) is 4.28. The molecule has 7 heteroatoms. The van der Waals surface area contributed by atoms with Gasteiger partial charge < -0.3 is 14.8 Å². The number of nitrogens with zero attached hydrogens (tertiary/aromatic N) is 1. The molecular formula is C23H22ClN3O3. The highest BCUT2D eigenvalue weighted by molar-refractivity contribution is 6.33. The van der Waals surface area contributed by atoms with Gasteiger partial charge in [0.2, 0.25) is 0 Å². The van der Waals surface area contributed by atoms with Crippen molar-refractivity contribution in [1.82, 2.24) is 0 Å². The molecule has 0 aromatic heterocycles. The second kappa shape index (κ2) is 10.9. The molecule has 3 aromatic rings. The van der Waals surface area contributed by atoms with Gasteiger partial charge in [0.05, 0.1) is 23.5 Å². The molecule has 0 bridgehead atoms. The molecule has 2 N–H and O–H groups in total. The van der Waals surface area contributed by atoms with Crippen LogP contribution in [0.2, 0.25) is 5.02 Å². The highest BCUT2D eigenvalue weighted by atomic mass is 35.5.